The number of aryl methyl sites for hydroxylation is 2. The molecule has 5 aromatic carbocycles. The molecule has 0 radical (unpaired) electrons. The third-order valence-corrected chi connectivity index (χ3v) is 8.60. The summed E-state index contributed by atoms with van der Waals surface area (Å²) < 4.78 is 82.8. The summed E-state index contributed by atoms with van der Waals surface area (Å²) in [6.07, 6.45) is -8.98. The van der Waals surface area contributed by atoms with Crippen LogP contribution in [0.4, 0.5) is 26.3 Å². The Morgan fingerprint density at radius 3 is 1.15 bits per heavy atom. The molecule has 0 N–H and O–H groups in total. The van der Waals surface area contributed by atoms with Crippen molar-refractivity contribution in [2.45, 2.75) is 12.4 Å². The fourth-order valence-corrected chi connectivity index (χ4v) is 6.35. The van der Waals surface area contributed by atoms with Gasteiger partial charge in [-0.25, -0.2) is 0 Å². The van der Waals surface area contributed by atoms with Gasteiger partial charge in [-0.1, -0.05) is 48.5 Å². The predicted molar refractivity (Wildman–Crippen MR) is 168 cm³/mol. The summed E-state index contributed by atoms with van der Waals surface area (Å²) in [7, 11) is 3.47. The number of fused-ring (bicyclic) bond motifs is 4. The van der Waals surface area contributed by atoms with Crippen molar-refractivity contribution in [3.8, 4) is 22.3 Å². The molecule has 0 bridgehead atoms. The van der Waals surface area contributed by atoms with Gasteiger partial charge in [0.2, 0.25) is 0 Å². The molecule has 7 aromatic rings. The van der Waals surface area contributed by atoms with Crippen molar-refractivity contribution < 1.29 is 26.3 Å². The average Bonchev–Trinajstić information content (AvgIpc) is 3.04. The van der Waals surface area contributed by atoms with Crippen LogP contribution in [0.15, 0.2) is 107 Å². The molecule has 230 valence electrons. The predicted octanol–water partition coefficient (Wildman–Crippen LogP) is 9.07. The van der Waals surface area contributed by atoms with Gasteiger partial charge in [-0.05, 0) is 59.7 Å². The second-order valence-corrected chi connectivity index (χ2v) is 11.2. The number of halogens is 6. The fraction of sp³-hybridized carbons (Fsp3) is 0.111. The number of aromatic nitrogens is 2. The van der Waals surface area contributed by atoms with Crippen LogP contribution >= 0.6 is 0 Å². The number of hydrogen-bond acceptors (Lipinski definition) is 2. The maximum Gasteiger partial charge on any atom is 0.416 e. The number of benzene rings is 5. The molecule has 0 saturated carbocycles. The van der Waals surface area contributed by atoms with E-state index in [1.54, 1.807) is 71.8 Å². The fourth-order valence-electron chi connectivity index (χ4n) is 6.35. The molecule has 0 aliphatic rings. The number of alkyl halides is 6. The standard InChI is InChI=1S/C36H22F6N2O2/c1-43-29-17-28-30(44(2)32-24(6-4-8-26(32)34(28)46)20-11-15-22(16-12-20)36(40,41)42)18-27(29)33(45)25-7-3-5-23(31(25)43)19-9-13-21(14-10-19)35(37,38)39/h3-18H,1-2H3. The van der Waals surface area contributed by atoms with Crippen LogP contribution in [0.2, 0.25) is 0 Å². The molecule has 0 spiro atoms. The molecule has 0 fully saturated rings. The number of hydrogen-bond donors (Lipinski definition) is 0. The minimum Gasteiger partial charge on any atom is -0.343 e. The highest BCUT2D eigenvalue weighted by atomic mass is 19.4. The molecule has 2 aromatic heterocycles. The van der Waals surface area contributed by atoms with Gasteiger partial charge in [0.1, 0.15) is 0 Å². The number of para-hydroxylation sites is 2. The second kappa shape index (κ2) is 10.1. The van der Waals surface area contributed by atoms with Crippen LogP contribution in [0.1, 0.15) is 11.1 Å². The Morgan fingerprint density at radius 1 is 0.478 bits per heavy atom. The smallest absolute Gasteiger partial charge is 0.343 e. The first-order valence-corrected chi connectivity index (χ1v) is 14.1. The Labute approximate surface area is 256 Å². The topological polar surface area (TPSA) is 44.0 Å². The Morgan fingerprint density at radius 2 is 0.826 bits per heavy atom. The van der Waals surface area contributed by atoms with Crippen molar-refractivity contribution in [1.29, 1.82) is 0 Å². The van der Waals surface area contributed by atoms with E-state index in [0.717, 1.165) is 24.3 Å². The lowest BCUT2D eigenvalue weighted by Gasteiger charge is -2.18. The van der Waals surface area contributed by atoms with E-state index in [4.69, 9.17) is 0 Å². The Kier molecular flexibility index (Phi) is 6.42. The molecule has 2 heterocycles. The van der Waals surface area contributed by atoms with Gasteiger partial charge in [-0.3, -0.25) is 9.59 Å². The van der Waals surface area contributed by atoms with Gasteiger partial charge in [0.15, 0.2) is 10.9 Å². The molecule has 0 atom stereocenters. The Balaban J connectivity index is 1.50. The van der Waals surface area contributed by atoms with Crippen molar-refractivity contribution in [2.75, 3.05) is 0 Å². The van der Waals surface area contributed by atoms with Crippen LogP contribution in [-0.2, 0) is 26.4 Å². The summed E-state index contributed by atoms with van der Waals surface area (Å²) in [6, 6.07) is 22.8. The second-order valence-electron chi connectivity index (χ2n) is 11.2. The summed E-state index contributed by atoms with van der Waals surface area (Å²) in [5.41, 5.74) is 1.81. The molecular weight excluding hydrogens is 606 g/mol. The molecule has 0 aliphatic carbocycles. The molecule has 0 amide bonds. The van der Waals surface area contributed by atoms with Gasteiger partial charge >= 0.3 is 12.4 Å². The first kappa shape index (κ1) is 29.3. The zero-order chi connectivity index (χ0) is 32.7. The maximum absolute atomic E-state index is 14.0. The Hall–Kier alpha value is -5.38. The molecule has 4 nitrogen and oxygen atoms in total. The Bertz CT molecular complexity index is 2310. The SMILES string of the molecule is Cn1c2cc3c(=O)c4cccc(-c5ccc(C(F)(F)F)cc5)c4n(C)c3cc2c(=O)c2cccc(-c3ccc(C(F)(F)F)cc3)c21. The van der Waals surface area contributed by atoms with E-state index in [9.17, 15) is 35.9 Å². The lowest BCUT2D eigenvalue weighted by atomic mass is 9.97. The van der Waals surface area contributed by atoms with E-state index in [1.807, 2.05) is 0 Å². The molecule has 0 unspecified atom stereocenters. The van der Waals surface area contributed by atoms with Crippen LogP contribution in [0.3, 0.4) is 0 Å². The summed E-state index contributed by atoms with van der Waals surface area (Å²) in [6.45, 7) is 0. The van der Waals surface area contributed by atoms with Crippen LogP contribution in [0, 0.1) is 0 Å². The highest BCUT2D eigenvalue weighted by Gasteiger charge is 2.31. The first-order valence-electron chi connectivity index (χ1n) is 14.1. The van der Waals surface area contributed by atoms with Gasteiger partial charge in [-0.15, -0.1) is 0 Å². The third-order valence-electron chi connectivity index (χ3n) is 8.60. The monoisotopic (exact) mass is 628 g/mol. The summed E-state index contributed by atoms with van der Waals surface area (Å²) >= 11 is 0. The molecule has 0 aliphatic heterocycles. The third kappa shape index (κ3) is 4.47. The van der Waals surface area contributed by atoms with Crippen molar-refractivity contribution >= 4 is 43.6 Å². The van der Waals surface area contributed by atoms with Crippen molar-refractivity contribution in [3.63, 3.8) is 0 Å². The van der Waals surface area contributed by atoms with Crippen LogP contribution in [0.5, 0.6) is 0 Å². The van der Waals surface area contributed by atoms with Crippen LogP contribution in [-0.4, -0.2) is 9.13 Å². The number of pyridine rings is 2. The van der Waals surface area contributed by atoms with Gasteiger partial charge in [0, 0.05) is 46.8 Å². The van der Waals surface area contributed by atoms with Crippen molar-refractivity contribution in [3.05, 3.63) is 129 Å². The minimum absolute atomic E-state index is 0.317. The first-order chi connectivity index (χ1) is 21.8. The minimum atomic E-state index is -4.49. The quantitative estimate of drug-likeness (QED) is 0.142. The van der Waals surface area contributed by atoms with Gasteiger partial charge in [0.25, 0.3) is 0 Å². The summed E-state index contributed by atoms with van der Waals surface area (Å²) in [5, 5.41) is 1.35. The zero-order valence-corrected chi connectivity index (χ0v) is 24.2. The van der Waals surface area contributed by atoms with Crippen LogP contribution < -0.4 is 10.9 Å². The average molecular weight is 629 g/mol. The lowest BCUT2D eigenvalue weighted by molar-refractivity contribution is -0.138. The van der Waals surface area contributed by atoms with E-state index in [-0.39, 0.29) is 10.9 Å². The van der Waals surface area contributed by atoms with Crippen molar-refractivity contribution in [1.82, 2.24) is 9.13 Å². The van der Waals surface area contributed by atoms with Gasteiger partial charge < -0.3 is 9.13 Å². The van der Waals surface area contributed by atoms with E-state index >= 15 is 0 Å². The molecular formula is C36H22F6N2O2. The maximum atomic E-state index is 14.0. The highest BCUT2D eigenvalue weighted by Crippen LogP contribution is 2.36. The van der Waals surface area contributed by atoms with Gasteiger partial charge in [0.05, 0.1) is 33.2 Å². The normalized spacial score (nSPS) is 12.5. The molecule has 0 saturated heterocycles. The van der Waals surface area contributed by atoms with E-state index in [0.29, 0.717) is 65.9 Å². The molecule has 46 heavy (non-hydrogen) atoms. The van der Waals surface area contributed by atoms with E-state index in [2.05, 4.69) is 0 Å². The van der Waals surface area contributed by atoms with Crippen molar-refractivity contribution in [2.24, 2.45) is 14.1 Å². The number of nitrogens with zero attached hydrogens (tertiary/aromatic N) is 2. The summed E-state index contributed by atoms with van der Waals surface area (Å²) in [5.74, 6) is 0. The van der Waals surface area contributed by atoms with E-state index in [1.165, 1.54) is 24.3 Å². The molecule has 7 rings (SSSR count). The largest absolute Gasteiger partial charge is 0.416 e. The summed E-state index contributed by atoms with van der Waals surface area (Å²) in [4.78, 5) is 27.9. The lowest BCUT2D eigenvalue weighted by Crippen LogP contribution is -2.14. The van der Waals surface area contributed by atoms with E-state index < -0.39 is 23.5 Å². The highest BCUT2D eigenvalue weighted by molar-refractivity contribution is 6.07. The zero-order valence-electron chi connectivity index (χ0n) is 24.2. The molecule has 10 heteroatoms. The van der Waals surface area contributed by atoms with Gasteiger partial charge in [-0.2, -0.15) is 26.3 Å². The number of rotatable bonds is 2. The van der Waals surface area contributed by atoms with Crippen LogP contribution in [0.25, 0.3) is 65.9 Å².